The number of hydrogen-bond donors (Lipinski definition) is 2. The number of nitrogens with zero attached hydrogens (tertiary/aromatic N) is 2. The van der Waals surface area contributed by atoms with Gasteiger partial charge in [-0.3, -0.25) is 0 Å². The monoisotopic (exact) mass is 257 g/mol. The Morgan fingerprint density at radius 2 is 2.24 bits per heavy atom. The minimum atomic E-state index is -1.29. The van der Waals surface area contributed by atoms with E-state index in [2.05, 4.69) is 15.0 Å². The summed E-state index contributed by atoms with van der Waals surface area (Å²) in [6.45, 7) is -0.137. The molecule has 2 aromatic heterocycles. The Labute approximate surface area is 103 Å². The average molecular weight is 258 g/mol. The van der Waals surface area contributed by atoms with Crippen molar-refractivity contribution < 1.29 is 9.50 Å². The van der Waals surface area contributed by atoms with Crippen LogP contribution in [0.1, 0.15) is 24.4 Å². The van der Waals surface area contributed by atoms with Crippen LogP contribution in [0.25, 0.3) is 11.2 Å². The summed E-state index contributed by atoms with van der Waals surface area (Å²) in [7, 11) is 0. The second-order valence-electron chi connectivity index (χ2n) is 3.80. The van der Waals surface area contributed by atoms with Gasteiger partial charge in [-0.05, 0) is 31.4 Å². The van der Waals surface area contributed by atoms with Crippen LogP contribution in [0.3, 0.4) is 0 Å². The molecule has 2 heterocycles. The Morgan fingerprint density at radius 3 is 2.94 bits per heavy atom. The number of halogens is 2. The number of aliphatic hydroxyl groups excluding tert-OH is 1. The van der Waals surface area contributed by atoms with Crippen molar-refractivity contribution in [3.63, 3.8) is 0 Å². The highest BCUT2D eigenvalue weighted by Gasteiger charge is 2.05. The minimum absolute atomic E-state index is 0.137. The quantitative estimate of drug-likeness (QED) is 0.808. The van der Waals surface area contributed by atoms with E-state index in [9.17, 15) is 4.39 Å². The smallest absolute Gasteiger partial charge is 0.178 e. The lowest BCUT2D eigenvalue weighted by atomic mass is 10.2. The molecule has 0 saturated heterocycles. The summed E-state index contributed by atoms with van der Waals surface area (Å²) in [4.78, 5) is 11.4. The van der Waals surface area contributed by atoms with Gasteiger partial charge < -0.3 is 10.1 Å². The van der Waals surface area contributed by atoms with Gasteiger partial charge in [0.2, 0.25) is 0 Å². The van der Waals surface area contributed by atoms with Gasteiger partial charge in [-0.15, -0.1) is 0 Å². The molecule has 2 aromatic rings. The van der Waals surface area contributed by atoms with E-state index in [1.165, 1.54) is 0 Å². The second-order valence-corrected chi connectivity index (χ2v) is 4.27. The summed E-state index contributed by atoms with van der Waals surface area (Å²) >= 11 is 5.23. The van der Waals surface area contributed by atoms with Crippen molar-refractivity contribution in [1.82, 2.24) is 15.0 Å². The van der Waals surface area contributed by atoms with Crippen LogP contribution in [0.15, 0.2) is 12.1 Å². The van der Waals surface area contributed by atoms with E-state index in [0.717, 1.165) is 11.2 Å². The molecule has 0 amide bonds. The van der Waals surface area contributed by atoms with Crippen molar-refractivity contribution >= 4 is 22.8 Å². The second kappa shape index (κ2) is 5.42. The molecule has 0 aliphatic rings. The number of nitrogens with one attached hydrogen (secondary N) is 1. The number of alkyl halides is 2. The molecule has 1 unspecified atom stereocenters. The number of imidazole rings is 1. The normalized spacial score (nSPS) is 13.1. The van der Waals surface area contributed by atoms with Crippen LogP contribution in [0.2, 0.25) is 0 Å². The van der Waals surface area contributed by atoms with Gasteiger partial charge in [0, 0.05) is 5.69 Å². The van der Waals surface area contributed by atoms with E-state index < -0.39 is 5.63 Å². The number of aryl methyl sites for hydroxylation is 1. The van der Waals surface area contributed by atoms with Crippen LogP contribution in [0.5, 0.6) is 0 Å². The number of aromatic nitrogens is 3. The number of aliphatic hydroxyl groups is 1. The lowest BCUT2D eigenvalue weighted by Crippen LogP contribution is -1.94. The fourth-order valence-corrected chi connectivity index (χ4v) is 1.79. The molecule has 0 fully saturated rings. The maximum Gasteiger partial charge on any atom is 0.178 e. The molecule has 0 aliphatic heterocycles. The number of rotatable bonds is 5. The van der Waals surface area contributed by atoms with Gasteiger partial charge in [-0.25, -0.2) is 14.4 Å². The highest BCUT2D eigenvalue weighted by atomic mass is 35.5. The molecule has 17 heavy (non-hydrogen) atoms. The fraction of sp³-hybridized carbons (Fsp3) is 0.455. The third-order valence-electron chi connectivity index (χ3n) is 2.46. The van der Waals surface area contributed by atoms with Crippen molar-refractivity contribution in [3.05, 3.63) is 23.7 Å². The van der Waals surface area contributed by atoms with E-state index in [4.69, 9.17) is 16.7 Å². The average Bonchev–Trinajstić information content (AvgIpc) is 2.70. The van der Waals surface area contributed by atoms with Crippen molar-refractivity contribution in [1.29, 1.82) is 0 Å². The summed E-state index contributed by atoms with van der Waals surface area (Å²) in [5.41, 5.74) is 0.934. The first kappa shape index (κ1) is 12.3. The van der Waals surface area contributed by atoms with Crippen LogP contribution >= 0.6 is 11.6 Å². The molecule has 0 aliphatic carbocycles. The molecule has 2 N–H and O–H groups in total. The van der Waals surface area contributed by atoms with Crippen LogP contribution < -0.4 is 0 Å². The van der Waals surface area contributed by atoms with Crippen LogP contribution in [-0.4, -0.2) is 25.7 Å². The van der Waals surface area contributed by atoms with Crippen LogP contribution in [0.4, 0.5) is 4.39 Å². The lowest BCUT2D eigenvalue weighted by molar-refractivity contribution is 0.273. The van der Waals surface area contributed by atoms with Crippen molar-refractivity contribution in [2.24, 2.45) is 0 Å². The van der Waals surface area contributed by atoms with Gasteiger partial charge in [0.15, 0.2) is 11.3 Å². The van der Waals surface area contributed by atoms with Gasteiger partial charge >= 0.3 is 0 Å². The summed E-state index contributed by atoms with van der Waals surface area (Å²) in [5.74, 6) is 0.495. The first-order chi connectivity index (χ1) is 8.19. The van der Waals surface area contributed by atoms with Gasteiger partial charge in [0.25, 0.3) is 0 Å². The first-order valence-corrected chi connectivity index (χ1v) is 5.86. The number of hydrogen-bond acceptors (Lipinski definition) is 3. The van der Waals surface area contributed by atoms with E-state index in [0.29, 0.717) is 30.7 Å². The van der Waals surface area contributed by atoms with E-state index in [1.807, 2.05) is 12.1 Å². The maximum absolute atomic E-state index is 12.4. The Balaban J connectivity index is 2.08. The zero-order valence-corrected chi connectivity index (χ0v) is 9.91. The van der Waals surface area contributed by atoms with Gasteiger partial charge in [0.05, 0.1) is 5.52 Å². The van der Waals surface area contributed by atoms with E-state index >= 15 is 0 Å². The third-order valence-corrected chi connectivity index (χ3v) is 2.68. The molecule has 92 valence electrons. The Kier molecular flexibility index (Phi) is 3.91. The maximum atomic E-state index is 12.4. The van der Waals surface area contributed by atoms with Crippen molar-refractivity contribution in [2.45, 2.75) is 31.5 Å². The predicted molar refractivity (Wildman–Crippen MR) is 63.5 cm³/mol. The molecule has 0 radical (unpaired) electrons. The molecule has 0 aromatic carbocycles. The zero-order chi connectivity index (χ0) is 12.3. The molecule has 2 rings (SSSR count). The van der Waals surface area contributed by atoms with Crippen LogP contribution in [-0.2, 0) is 13.0 Å². The molecule has 0 saturated carbocycles. The molecular weight excluding hydrogens is 245 g/mol. The summed E-state index contributed by atoms with van der Waals surface area (Å²) in [6.07, 6.45) is 1.65. The van der Waals surface area contributed by atoms with Crippen LogP contribution in [0, 0.1) is 0 Å². The number of pyridine rings is 1. The molecule has 6 heteroatoms. The molecule has 1 atom stereocenters. The van der Waals surface area contributed by atoms with Crippen molar-refractivity contribution in [2.75, 3.05) is 0 Å². The fourth-order valence-electron chi connectivity index (χ4n) is 1.63. The van der Waals surface area contributed by atoms with Gasteiger partial charge in [-0.1, -0.05) is 11.6 Å². The highest BCUT2D eigenvalue weighted by molar-refractivity contribution is 6.19. The number of aromatic amines is 1. The summed E-state index contributed by atoms with van der Waals surface area (Å²) < 4.78 is 12.4. The van der Waals surface area contributed by atoms with Crippen molar-refractivity contribution in [3.8, 4) is 0 Å². The molecule has 0 spiro atoms. The minimum Gasteiger partial charge on any atom is -0.388 e. The largest absolute Gasteiger partial charge is 0.388 e. The van der Waals surface area contributed by atoms with E-state index in [-0.39, 0.29) is 6.61 Å². The Bertz CT molecular complexity index is 500. The first-order valence-electron chi connectivity index (χ1n) is 5.42. The highest BCUT2D eigenvalue weighted by Crippen LogP contribution is 2.13. The SMILES string of the molecule is OCc1nc2nc(CCCC(F)Cl)ccc2[nH]1. The van der Waals surface area contributed by atoms with Gasteiger partial charge in [0.1, 0.15) is 12.4 Å². The molecular formula is C11H13ClFN3O. The number of H-pyrrole nitrogens is 1. The van der Waals surface area contributed by atoms with Gasteiger partial charge in [-0.2, -0.15) is 0 Å². The van der Waals surface area contributed by atoms with E-state index in [1.54, 1.807) is 0 Å². The number of fused-ring (bicyclic) bond motifs is 1. The molecule has 0 bridgehead atoms. The standard InChI is InChI=1S/C11H13ClFN3O/c12-9(13)3-1-2-7-4-5-8-11(14-7)16-10(6-17)15-8/h4-5,9,17H,1-3,6H2,(H,14,15,16). The zero-order valence-electron chi connectivity index (χ0n) is 9.16. The summed E-state index contributed by atoms with van der Waals surface area (Å²) in [5, 5.41) is 8.93. The third kappa shape index (κ3) is 3.14. The topological polar surface area (TPSA) is 61.8 Å². The Hall–Kier alpha value is -1.20. The lowest BCUT2D eigenvalue weighted by Gasteiger charge is -2.00. The predicted octanol–water partition coefficient (Wildman–Crippen LogP) is 2.31. The summed E-state index contributed by atoms with van der Waals surface area (Å²) in [6, 6.07) is 3.72. The Morgan fingerprint density at radius 1 is 1.41 bits per heavy atom. The molecule has 4 nitrogen and oxygen atoms in total.